The summed E-state index contributed by atoms with van der Waals surface area (Å²) >= 11 is 0. The van der Waals surface area contributed by atoms with Crippen LogP contribution in [0.4, 0.5) is 14.9 Å². The molecule has 152 valence electrons. The molecule has 0 saturated carbocycles. The van der Waals surface area contributed by atoms with Crippen molar-refractivity contribution in [3.8, 4) is 0 Å². The van der Waals surface area contributed by atoms with Gasteiger partial charge in [-0.05, 0) is 35.8 Å². The molecular weight excluding hydrogens is 375 g/mol. The Morgan fingerprint density at radius 2 is 1.86 bits per heavy atom. The number of alkyl halides is 1. The molecule has 0 spiro atoms. The largest absolute Gasteiger partial charge is 0.444 e. The number of nitrogens with zero attached hydrogens (tertiary/aromatic N) is 1. The van der Waals surface area contributed by atoms with Crippen LogP contribution in [-0.4, -0.2) is 26.1 Å². The number of hydrogen-bond acceptors (Lipinski definition) is 4. The third kappa shape index (κ3) is 6.14. The molecule has 2 aromatic rings. The maximum atomic E-state index is 13.6. The van der Waals surface area contributed by atoms with Crippen LogP contribution in [0.2, 0.25) is 18.1 Å². The van der Waals surface area contributed by atoms with E-state index in [0.717, 1.165) is 5.56 Å². The molecule has 0 fully saturated rings. The number of benzene rings is 1. The van der Waals surface area contributed by atoms with Gasteiger partial charge in [0.05, 0.1) is 17.6 Å². The van der Waals surface area contributed by atoms with Crippen molar-refractivity contribution in [2.75, 3.05) is 12.0 Å². The number of anilines is 1. The lowest BCUT2D eigenvalue weighted by Gasteiger charge is -2.38. The lowest BCUT2D eigenvalue weighted by atomic mass is 10.2. The fraction of sp³-hybridized carbons (Fsp3) is 0.429. The molecule has 1 amide bonds. The highest BCUT2D eigenvalue weighted by Crippen LogP contribution is 2.39. The SMILES string of the molecule is CC(C)(C)[Si](C)(C)OC(CF)c1ccc(NC(=O)OCc2ccccc2)cn1. The second kappa shape index (κ2) is 9.30. The van der Waals surface area contributed by atoms with Crippen molar-refractivity contribution in [2.45, 2.75) is 51.6 Å². The molecule has 1 N–H and O–H groups in total. The van der Waals surface area contributed by atoms with Crippen LogP contribution in [0.5, 0.6) is 0 Å². The van der Waals surface area contributed by atoms with Crippen molar-refractivity contribution in [2.24, 2.45) is 0 Å². The maximum absolute atomic E-state index is 13.6. The Morgan fingerprint density at radius 1 is 1.18 bits per heavy atom. The van der Waals surface area contributed by atoms with E-state index in [0.29, 0.717) is 11.4 Å². The van der Waals surface area contributed by atoms with E-state index >= 15 is 0 Å². The van der Waals surface area contributed by atoms with E-state index in [2.05, 4.69) is 44.2 Å². The van der Waals surface area contributed by atoms with Crippen molar-refractivity contribution < 1.29 is 18.3 Å². The summed E-state index contributed by atoms with van der Waals surface area (Å²) in [5.41, 5.74) is 1.89. The van der Waals surface area contributed by atoms with Gasteiger partial charge >= 0.3 is 6.09 Å². The van der Waals surface area contributed by atoms with Crippen molar-refractivity contribution >= 4 is 20.1 Å². The predicted molar refractivity (Wildman–Crippen MR) is 111 cm³/mol. The third-order valence-electron chi connectivity index (χ3n) is 4.96. The Hall–Kier alpha value is -2.25. The summed E-state index contributed by atoms with van der Waals surface area (Å²) in [6.45, 7) is 10.0. The Kier molecular flexibility index (Phi) is 7.32. The molecule has 28 heavy (non-hydrogen) atoms. The monoisotopic (exact) mass is 404 g/mol. The standard InChI is InChI=1S/C21H29FN2O3Si/c1-21(2,3)28(4,5)27-19(13-22)18-12-11-17(14-23-18)24-20(25)26-15-16-9-7-6-8-10-16/h6-12,14,19H,13,15H2,1-5H3,(H,24,25). The normalized spacial score (nSPS) is 13.1. The molecule has 7 heteroatoms. The summed E-state index contributed by atoms with van der Waals surface area (Å²) < 4.78 is 24.9. The van der Waals surface area contributed by atoms with Gasteiger partial charge in [-0.2, -0.15) is 0 Å². The second-order valence-electron chi connectivity index (χ2n) is 8.18. The first-order chi connectivity index (χ1) is 13.1. The molecule has 1 aromatic heterocycles. The summed E-state index contributed by atoms with van der Waals surface area (Å²) in [7, 11) is -2.12. The lowest BCUT2D eigenvalue weighted by molar-refractivity contribution is 0.145. The van der Waals surface area contributed by atoms with E-state index in [4.69, 9.17) is 9.16 Å². The highest BCUT2D eigenvalue weighted by atomic mass is 28.4. The molecule has 2 rings (SSSR count). The maximum Gasteiger partial charge on any atom is 0.412 e. The molecule has 1 heterocycles. The fourth-order valence-corrected chi connectivity index (χ4v) is 3.50. The van der Waals surface area contributed by atoms with Gasteiger partial charge in [-0.25, -0.2) is 9.18 Å². The molecule has 1 aromatic carbocycles. The average Bonchev–Trinajstić information content (AvgIpc) is 2.65. The van der Waals surface area contributed by atoms with Crippen LogP contribution >= 0.6 is 0 Å². The lowest BCUT2D eigenvalue weighted by Crippen LogP contribution is -2.42. The van der Waals surface area contributed by atoms with Crippen LogP contribution in [0, 0.1) is 0 Å². The third-order valence-corrected chi connectivity index (χ3v) is 9.44. The Balaban J connectivity index is 1.95. The highest BCUT2D eigenvalue weighted by Gasteiger charge is 2.39. The van der Waals surface area contributed by atoms with E-state index in [9.17, 15) is 9.18 Å². The van der Waals surface area contributed by atoms with Crippen molar-refractivity contribution in [1.82, 2.24) is 4.98 Å². The fourth-order valence-electron chi connectivity index (χ4n) is 2.25. The number of rotatable bonds is 7. The number of carbonyl (C=O) groups is 1. The number of pyridine rings is 1. The number of amides is 1. The number of hydrogen-bond donors (Lipinski definition) is 1. The zero-order chi connectivity index (χ0) is 20.8. The van der Waals surface area contributed by atoms with Crippen molar-refractivity contribution in [3.63, 3.8) is 0 Å². The first-order valence-electron chi connectivity index (χ1n) is 9.30. The highest BCUT2D eigenvalue weighted by molar-refractivity contribution is 6.74. The van der Waals surface area contributed by atoms with E-state index in [1.54, 1.807) is 12.1 Å². The number of ether oxygens (including phenoxy) is 1. The number of halogens is 1. The van der Waals surface area contributed by atoms with Crippen LogP contribution in [-0.2, 0) is 15.8 Å². The van der Waals surface area contributed by atoms with E-state index < -0.39 is 27.2 Å². The minimum Gasteiger partial charge on any atom is -0.444 e. The van der Waals surface area contributed by atoms with Crippen LogP contribution in [0.3, 0.4) is 0 Å². The Labute approximate surface area is 167 Å². The van der Waals surface area contributed by atoms with Gasteiger partial charge in [-0.15, -0.1) is 0 Å². The van der Waals surface area contributed by atoms with Gasteiger partial charge in [-0.3, -0.25) is 10.3 Å². The number of nitrogens with one attached hydrogen (secondary N) is 1. The van der Waals surface area contributed by atoms with Crippen LogP contribution in [0.1, 0.15) is 38.1 Å². The van der Waals surface area contributed by atoms with Gasteiger partial charge in [-0.1, -0.05) is 51.1 Å². The van der Waals surface area contributed by atoms with E-state index in [1.165, 1.54) is 6.20 Å². The van der Waals surface area contributed by atoms with E-state index in [-0.39, 0.29) is 11.6 Å². The van der Waals surface area contributed by atoms with Gasteiger partial charge in [0.25, 0.3) is 0 Å². The van der Waals surface area contributed by atoms with Gasteiger partial charge < -0.3 is 9.16 Å². The van der Waals surface area contributed by atoms with Crippen LogP contribution in [0.25, 0.3) is 0 Å². The van der Waals surface area contributed by atoms with Gasteiger partial charge in [0, 0.05) is 0 Å². The van der Waals surface area contributed by atoms with Gasteiger partial charge in [0.2, 0.25) is 0 Å². The molecule has 5 nitrogen and oxygen atoms in total. The molecular formula is C21H29FN2O3Si. The molecule has 1 unspecified atom stereocenters. The summed E-state index contributed by atoms with van der Waals surface area (Å²) in [6.07, 6.45) is 0.203. The first-order valence-corrected chi connectivity index (χ1v) is 12.2. The average molecular weight is 405 g/mol. The zero-order valence-corrected chi connectivity index (χ0v) is 18.2. The predicted octanol–water partition coefficient (Wildman–Crippen LogP) is 5.86. The van der Waals surface area contributed by atoms with Gasteiger partial charge in [0.15, 0.2) is 8.32 Å². The molecule has 0 aliphatic rings. The molecule has 1 atom stereocenters. The molecule has 0 aliphatic heterocycles. The number of aromatic nitrogens is 1. The second-order valence-corrected chi connectivity index (χ2v) is 12.9. The number of carbonyl (C=O) groups excluding carboxylic acids is 1. The summed E-state index contributed by atoms with van der Waals surface area (Å²) in [5, 5.41) is 2.60. The Morgan fingerprint density at radius 3 is 2.39 bits per heavy atom. The minimum atomic E-state index is -2.12. The molecule has 0 bridgehead atoms. The summed E-state index contributed by atoms with van der Waals surface area (Å²) in [6, 6.07) is 12.8. The van der Waals surface area contributed by atoms with Crippen LogP contribution in [0.15, 0.2) is 48.7 Å². The minimum absolute atomic E-state index is 0.0234. The molecule has 0 aliphatic carbocycles. The van der Waals surface area contributed by atoms with Crippen LogP contribution < -0.4 is 5.32 Å². The zero-order valence-electron chi connectivity index (χ0n) is 17.2. The topological polar surface area (TPSA) is 60.5 Å². The quantitative estimate of drug-likeness (QED) is 0.587. The summed E-state index contributed by atoms with van der Waals surface area (Å²) in [5.74, 6) is 0. The van der Waals surface area contributed by atoms with E-state index in [1.807, 2.05) is 30.3 Å². The molecule has 0 saturated heterocycles. The van der Waals surface area contributed by atoms with Gasteiger partial charge in [0.1, 0.15) is 19.4 Å². The smallest absolute Gasteiger partial charge is 0.412 e. The van der Waals surface area contributed by atoms with Crippen molar-refractivity contribution in [1.29, 1.82) is 0 Å². The first kappa shape index (κ1) is 22.0. The summed E-state index contributed by atoms with van der Waals surface area (Å²) in [4.78, 5) is 16.2. The Bertz CT molecular complexity index is 761. The van der Waals surface area contributed by atoms with Crippen molar-refractivity contribution in [3.05, 3.63) is 59.9 Å². The molecule has 0 radical (unpaired) electrons.